The van der Waals surface area contributed by atoms with Gasteiger partial charge in [-0.3, -0.25) is 4.79 Å². The molecule has 1 aliphatic rings. The number of nitrogens with two attached hydrogens (primary N) is 1. The van der Waals surface area contributed by atoms with Crippen LogP contribution in [0.15, 0.2) is 23.1 Å². The van der Waals surface area contributed by atoms with Crippen molar-refractivity contribution in [3.63, 3.8) is 0 Å². The molecule has 20 heavy (non-hydrogen) atoms. The highest BCUT2D eigenvalue weighted by Gasteiger charge is 2.20. The van der Waals surface area contributed by atoms with Crippen molar-refractivity contribution in [1.29, 1.82) is 0 Å². The molecule has 1 heterocycles. The summed E-state index contributed by atoms with van der Waals surface area (Å²) >= 11 is 1.50. The number of hydrogen-bond acceptors (Lipinski definition) is 4. The number of Topliss-reactive ketones (excluding diaryl/α,β-unsaturated/α-hetero) is 1. The molecule has 2 rings (SSSR count). The number of piperidine rings is 1. The number of ketones is 1. The number of benzene rings is 1. The van der Waals surface area contributed by atoms with E-state index in [-0.39, 0.29) is 11.8 Å². The summed E-state index contributed by atoms with van der Waals surface area (Å²) in [4.78, 5) is 25.7. The van der Waals surface area contributed by atoms with Gasteiger partial charge in [0.1, 0.15) is 5.78 Å². The van der Waals surface area contributed by atoms with E-state index in [0.29, 0.717) is 31.8 Å². The number of amides is 2. The molecule has 0 atom stereocenters. The molecule has 0 radical (unpaired) electrons. The first kappa shape index (κ1) is 14.7. The van der Waals surface area contributed by atoms with E-state index in [4.69, 9.17) is 5.73 Å². The van der Waals surface area contributed by atoms with E-state index >= 15 is 0 Å². The molecule has 108 valence electrons. The lowest BCUT2D eigenvalue weighted by Gasteiger charge is -2.26. The van der Waals surface area contributed by atoms with Crippen LogP contribution in [0.1, 0.15) is 18.4 Å². The minimum absolute atomic E-state index is 0.115. The number of anilines is 1. The van der Waals surface area contributed by atoms with Crippen molar-refractivity contribution >= 4 is 29.3 Å². The van der Waals surface area contributed by atoms with Gasteiger partial charge in [0.25, 0.3) is 0 Å². The number of likely N-dealkylation sites (tertiary alicyclic amines) is 1. The number of rotatable bonds is 3. The average molecular weight is 293 g/mol. The van der Waals surface area contributed by atoms with Gasteiger partial charge in [0.05, 0.1) is 5.88 Å². The second-order valence-electron chi connectivity index (χ2n) is 4.84. The normalized spacial score (nSPS) is 15.2. The van der Waals surface area contributed by atoms with Gasteiger partial charge >= 0.3 is 6.03 Å². The first-order valence-corrected chi connectivity index (χ1v) is 7.58. The molecule has 0 aromatic heterocycles. The molecule has 1 aliphatic heterocycles. The predicted octanol–water partition coefficient (Wildman–Crippen LogP) is 2.00. The summed E-state index contributed by atoms with van der Waals surface area (Å²) < 4.78 is 0. The maximum Gasteiger partial charge on any atom is 0.318 e. The van der Waals surface area contributed by atoms with Crippen molar-refractivity contribution in [3.05, 3.63) is 23.8 Å². The number of hydrogen-bond donors (Lipinski definition) is 2. The number of nitrogens with one attached hydrogen (secondary N) is 1. The fourth-order valence-corrected chi connectivity index (χ4v) is 2.87. The summed E-state index contributed by atoms with van der Waals surface area (Å²) in [7, 11) is 0. The Bertz CT molecular complexity index is 509. The number of thioether (sulfide) groups is 1. The third-order valence-corrected chi connectivity index (χ3v) is 4.18. The highest BCUT2D eigenvalue weighted by atomic mass is 32.2. The molecule has 1 fully saturated rings. The van der Waals surface area contributed by atoms with Gasteiger partial charge in [-0.25, -0.2) is 4.79 Å². The molecule has 0 saturated carbocycles. The van der Waals surface area contributed by atoms with E-state index in [9.17, 15) is 9.59 Å². The van der Waals surface area contributed by atoms with Crippen molar-refractivity contribution in [2.75, 3.05) is 24.7 Å². The zero-order valence-corrected chi connectivity index (χ0v) is 12.3. The van der Waals surface area contributed by atoms with E-state index in [0.717, 1.165) is 16.1 Å². The lowest BCUT2D eigenvalue weighted by molar-refractivity contribution is -0.120. The Morgan fingerprint density at radius 2 is 2.10 bits per heavy atom. The molecule has 1 saturated heterocycles. The summed E-state index contributed by atoms with van der Waals surface area (Å²) in [5.74, 6) is 0.702. The zero-order valence-electron chi connectivity index (χ0n) is 11.5. The van der Waals surface area contributed by atoms with Crippen LogP contribution in [0.25, 0.3) is 0 Å². The van der Waals surface area contributed by atoms with Crippen LogP contribution in [0.2, 0.25) is 0 Å². The zero-order chi connectivity index (χ0) is 14.5. The van der Waals surface area contributed by atoms with Gasteiger partial charge in [-0.1, -0.05) is 6.07 Å². The number of aryl methyl sites for hydroxylation is 1. The molecule has 1 aromatic carbocycles. The van der Waals surface area contributed by atoms with Crippen LogP contribution >= 0.6 is 11.8 Å². The monoisotopic (exact) mass is 293 g/mol. The average Bonchev–Trinajstić information content (AvgIpc) is 2.43. The topological polar surface area (TPSA) is 75.4 Å². The van der Waals surface area contributed by atoms with Gasteiger partial charge < -0.3 is 16.0 Å². The molecular formula is C14H19N3O2S. The Hall–Kier alpha value is -1.69. The van der Waals surface area contributed by atoms with Crippen molar-refractivity contribution in [2.45, 2.75) is 24.7 Å². The first-order chi connectivity index (χ1) is 9.56. The van der Waals surface area contributed by atoms with E-state index in [2.05, 4.69) is 5.32 Å². The van der Waals surface area contributed by atoms with Gasteiger partial charge in [0.2, 0.25) is 0 Å². The number of carbonyl (C=O) groups excluding carboxylic acids is 2. The molecule has 0 spiro atoms. The van der Waals surface area contributed by atoms with E-state index < -0.39 is 0 Å². The standard InChI is InChI=1S/C14H19N3O2S/c1-10-2-3-12(15)13(8-10)20-9-16-14(19)17-6-4-11(18)5-7-17/h2-3,8H,4-7,9,15H2,1H3,(H,16,19). The molecule has 1 aromatic rings. The minimum atomic E-state index is -0.115. The molecule has 0 aliphatic carbocycles. The van der Waals surface area contributed by atoms with Crippen LogP contribution in [-0.4, -0.2) is 35.7 Å². The van der Waals surface area contributed by atoms with E-state index in [1.807, 2.05) is 25.1 Å². The lowest BCUT2D eigenvalue weighted by atomic mass is 10.1. The molecule has 2 amide bonds. The van der Waals surface area contributed by atoms with E-state index in [1.165, 1.54) is 11.8 Å². The fraction of sp³-hybridized carbons (Fsp3) is 0.429. The minimum Gasteiger partial charge on any atom is -0.398 e. The van der Waals surface area contributed by atoms with Crippen molar-refractivity contribution in [1.82, 2.24) is 10.2 Å². The lowest BCUT2D eigenvalue weighted by Crippen LogP contribution is -2.44. The first-order valence-electron chi connectivity index (χ1n) is 6.59. The second-order valence-corrected chi connectivity index (χ2v) is 5.85. The van der Waals surface area contributed by atoms with Gasteiger partial charge in [-0.15, -0.1) is 11.8 Å². The number of carbonyl (C=O) groups is 2. The predicted molar refractivity (Wildman–Crippen MR) is 80.7 cm³/mol. The Morgan fingerprint density at radius 3 is 2.80 bits per heavy atom. The smallest absolute Gasteiger partial charge is 0.318 e. The maximum absolute atomic E-state index is 11.9. The molecule has 3 N–H and O–H groups in total. The quantitative estimate of drug-likeness (QED) is 0.508. The maximum atomic E-state index is 11.9. The van der Waals surface area contributed by atoms with Gasteiger partial charge in [0, 0.05) is 36.5 Å². The molecule has 6 heteroatoms. The Kier molecular flexibility index (Phi) is 4.89. The number of nitrogens with zero attached hydrogens (tertiary/aromatic N) is 1. The molecular weight excluding hydrogens is 274 g/mol. The Balaban J connectivity index is 1.79. The van der Waals surface area contributed by atoms with Gasteiger partial charge in [-0.05, 0) is 24.6 Å². The summed E-state index contributed by atoms with van der Waals surface area (Å²) in [6.07, 6.45) is 0.927. The largest absolute Gasteiger partial charge is 0.398 e. The van der Waals surface area contributed by atoms with Crippen LogP contribution < -0.4 is 11.1 Å². The summed E-state index contributed by atoms with van der Waals surface area (Å²) in [6, 6.07) is 5.72. The van der Waals surface area contributed by atoms with E-state index in [1.54, 1.807) is 4.90 Å². The second kappa shape index (κ2) is 6.65. The third-order valence-electron chi connectivity index (χ3n) is 3.23. The van der Waals surface area contributed by atoms with Crippen LogP contribution in [0.5, 0.6) is 0 Å². The van der Waals surface area contributed by atoms with Crippen molar-refractivity contribution in [2.24, 2.45) is 0 Å². The van der Waals surface area contributed by atoms with Crippen LogP contribution in [0.4, 0.5) is 10.5 Å². The number of urea groups is 1. The van der Waals surface area contributed by atoms with Gasteiger partial charge in [-0.2, -0.15) is 0 Å². The summed E-state index contributed by atoms with van der Waals surface area (Å²) in [5.41, 5.74) is 7.74. The van der Waals surface area contributed by atoms with Crippen LogP contribution in [0, 0.1) is 6.92 Å². The highest BCUT2D eigenvalue weighted by Crippen LogP contribution is 2.25. The number of nitrogen functional groups attached to an aromatic ring is 1. The van der Waals surface area contributed by atoms with Crippen molar-refractivity contribution < 1.29 is 9.59 Å². The Morgan fingerprint density at radius 1 is 1.40 bits per heavy atom. The van der Waals surface area contributed by atoms with Crippen molar-refractivity contribution in [3.8, 4) is 0 Å². The highest BCUT2D eigenvalue weighted by molar-refractivity contribution is 7.99. The summed E-state index contributed by atoms with van der Waals surface area (Å²) in [5, 5.41) is 2.85. The van der Waals surface area contributed by atoms with Crippen LogP contribution in [0.3, 0.4) is 0 Å². The molecule has 5 nitrogen and oxygen atoms in total. The molecule has 0 bridgehead atoms. The van der Waals surface area contributed by atoms with Gasteiger partial charge in [0.15, 0.2) is 0 Å². The van der Waals surface area contributed by atoms with Crippen LogP contribution in [-0.2, 0) is 4.79 Å². The fourth-order valence-electron chi connectivity index (χ4n) is 2.01. The summed E-state index contributed by atoms with van der Waals surface area (Å²) in [6.45, 7) is 3.04. The molecule has 0 unspecified atom stereocenters. The third kappa shape index (κ3) is 3.90. The SMILES string of the molecule is Cc1ccc(N)c(SCNC(=O)N2CCC(=O)CC2)c1. The Labute approximate surface area is 122 Å².